The van der Waals surface area contributed by atoms with Gasteiger partial charge in [-0.1, -0.05) is 158 Å². The average molecular weight is 819 g/mol. The van der Waals surface area contributed by atoms with Crippen LogP contribution in [0.2, 0.25) is 0 Å². The highest BCUT2D eigenvalue weighted by Gasteiger charge is 2.24. The van der Waals surface area contributed by atoms with Gasteiger partial charge >= 0.3 is 0 Å². The predicted octanol–water partition coefficient (Wildman–Crippen LogP) is 16.5. The Hall–Kier alpha value is -8.60. The highest BCUT2D eigenvalue weighted by atomic mass is 15.2. The van der Waals surface area contributed by atoms with Gasteiger partial charge in [0.25, 0.3) is 0 Å². The molecule has 12 rings (SSSR count). The van der Waals surface area contributed by atoms with Gasteiger partial charge in [-0.2, -0.15) is 0 Å². The molecule has 2 aromatic heterocycles. The van der Waals surface area contributed by atoms with E-state index in [4.69, 9.17) is 0 Å². The molecule has 4 nitrogen and oxygen atoms in total. The first-order valence-electron chi connectivity index (χ1n) is 21.9. The zero-order valence-corrected chi connectivity index (χ0v) is 35.0. The van der Waals surface area contributed by atoms with Crippen molar-refractivity contribution >= 4 is 77.7 Å². The highest BCUT2D eigenvalue weighted by Crippen LogP contribution is 2.46. The van der Waals surface area contributed by atoms with Crippen LogP contribution in [-0.2, 0) is 0 Å². The Kier molecular flexibility index (Phi) is 9.12. The second-order valence-corrected chi connectivity index (χ2v) is 16.2. The molecule has 0 aliphatic carbocycles. The van der Waals surface area contributed by atoms with Gasteiger partial charge in [0.1, 0.15) is 0 Å². The summed E-state index contributed by atoms with van der Waals surface area (Å²) in [6.45, 7) is 0. The van der Waals surface area contributed by atoms with Gasteiger partial charge < -0.3 is 18.9 Å². The molecule has 0 aliphatic heterocycles. The van der Waals surface area contributed by atoms with E-state index in [0.717, 1.165) is 56.5 Å². The number of hydrogen-bond donors (Lipinski definition) is 0. The monoisotopic (exact) mass is 818 g/mol. The minimum atomic E-state index is 1.04. The number of aromatic nitrogens is 2. The number of fused-ring (bicyclic) bond motifs is 7. The van der Waals surface area contributed by atoms with Gasteiger partial charge in [-0.15, -0.1) is 0 Å². The largest absolute Gasteiger partial charge is 0.310 e. The van der Waals surface area contributed by atoms with E-state index in [1.807, 2.05) is 0 Å². The Bertz CT molecular complexity index is 3400. The Morgan fingerprint density at radius 1 is 0.250 bits per heavy atom. The lowest BCUT2D eigenvalue weighted by Crippen LogP contribution is -2.14. The van der Waals surface area contributed by atoms with E-state index in [0.29, 0.717) is 0 Å². The first-order chi connectivity index (χ1) is 31.8. The maximum Gasteiger partial charge on any atom is 0.0641 e. The van der Waals surface area contributed by atoms with E-state index in [9.17, 15) is 0 Å². The molecule has 4 heteroatoms. The van der Waals surface area contributed by atoms with E-state index >= 15 is 0 Å². The third-order valence-corrected chi connectivity index (χ3v) is 12.4. The highest BCUT2D eigenvalue weighted by molar-refractivity contribution is 6.26. The topological polar surface area (TPSA) is 16.3 Å². The van der Waals surface area contributed by atoms with Crippen LogP contribution in [0.3, 0.4) is 0 Å². The van der Waals surface area contributed by atoms with Gasteiger partial charge in [-0.3, -0.25) is 0 Å². The first kappa shape index (κ1) is 37.2. The first-order valence-corrected chi connectivity index (χ1v) is 21.9. The fraction of sp³-hybridized carbons (Fsp3) is 0. The van der Waals surface area contributed by atoms with Crippen molar-refractivity contribution in [1.82, 2.24) is 9.13 Å². The molecule has 0 unspecified atom stereocenters. The summed E-state index contributed by atoms with van der Waals surface area (Å²) in [6.07, 6.45) is 0. The van der Waals surface area contributed by atoms with Crippen molar-refractivity contribution in [2.45, 2.75) is 0 Å². The molecule has 0 atom stereocenters. The van der Waals surface area contributed by atoms with Crippen molar-refractivity contribution < 1.29 is 0 Å². The standard InChI is InChI=1S/C60H42N4/c1-7-21-43(22-8-1)44-35-36-55-58(39-44)63(57-38-37-54-53-33-19-20-34-56(53)64(60(54)59(55)57)49-31-17-6-18-32-49)52-41-50(61(45-23-9-2-10-24-45)46-25-11-3-12-26-46)40-51(42-52)62(47-27-13-4-14-28-47)48-29-15-5-16-30-48/h1-42H. The van der Waals surface area contributed by atoms with Crippen LogP contribution in [0.1, 0.15) is 0 Å². The molecule has 10 aromatic carbocycles. The Morgan fingerprint density at radius 3 is 1.27 bits per heavy atom. The maximum absolute atomic E-state index is 2.50. The molecule has 0 saturated heterocycles. The number of hydrogen-bond acceptors (Lipinski definition) is 2. The Balaban J connectivity index is 1.23. The predicted molar refractivity (Wildman–Crippen MR) is 270 cm³/mol. The molecule has 0 spiro atoms. The maximum atomic E-state index is 2.50. The summed E-state index contributed by atoms with van der Waals surface area (Å²) in [5.74, 6) is 0. The second-order valence-electron chi connectivity index (χ2n) is 16.2. The van der Waals surface area contributed by atoms with Crippen LogP contribution in [0, 0.1) is 0 Å². The number of anilines is 6. The van der Waals surface area contributed by atoms with E-state index in [2.05, 4.69) is 274 Å². The van der Waals surface area contributed by atoms with Gasteiger partial charge in [0.05, 0.1) is 39.1 Å². The molecule has 0 bridgehead atoms. The van der Waals surface area contributed by atoms with Crippen molar-refractivity contribution in [2.75, 3.05) is 9.80 Å². The zero-order valence-electron chi connectivity index (χ0n) is 35.0. The van der Waals surface area contributed by atoms with Crippen LogP contribution in [0.25, 0.3) is 66.1 Å². The summed E-state index contributed by atoms with van der Waals surface area (Å²) >= 11 is 0. The average Bonchev–Trinajstić information content (AvgIpc) is 3.89. The number of rotatable bonds is 9. The molecule has 302 valence electrons. The summed E-state index contributed by atoms with van der Waals surface area (Å²) in [4.78, 5) is 4.74. The smallest absolute Gasteiger partial charge is 0.0641 e. The van der Waals surface area contributed by atoms with Crippen molar-refractivity contribution in [3.63, 3.8) is 0 Å². The van der Waals surface area contributed by atoms with E-state index in [1.54, 1.807) is 0 Å². The normalized spacial score (nSPS) is 11.4. The van der Waals surface area contributed by atoms with Gasteiger partial charge in [-0.25, -0.2) is 0 Å². The Morgan fingerprint density at radius 2 is 0.719 bits per heavy atom. The van der Waals surface area contributed by atoms with E-state index < -0.39 is 0 Å². The van der Waals surface area contributed by atoms with Gasteiger partial charge in [0.15, 0.2) is 0 Å². The SMILES string of the molecule is c1ccc(-c2ccc3c4c(ccc5c6ccccc6n(-c6ccccc6)c54)n(-c4cc(N(c5ccccc5)c5ccccc5)cc(N(c5ccccc5)c5ccccc5)c4)c3c2)cc1. The summed E-state index contributed by atoms with van der Waals surface area (Å²) in [5, 5.41) is 4.87. The Labute approximate surface area is 372 Å². The molecule has 0 aliphatic rings. The lowest BCUT2D eigenvalue weighted by molar-refractivity contribution is 1.16. The molecule has 12 aromatic rings. The van der Waals surface area contributed by atoms with E-state index in [1.165, 1.54) is 43.7 Å². The fourth-order valence-electron chi connectivity index (χ4n) is 9.66. The van der Waals surface area contributed by atoms with Crippen LogP contribution in [0.15, 0.2) is 255 Å². The summed E-state index contributed by atoms with van der Waals surface area (Å²) in [5.41, 5.74) is 15.5. The minimum absolute atomic E-state index is 1.04. The van der Waals surface area contributed by atoms with Crippen LogP contribution in [-0.4, -0.2) is 9.13 Å². The molecular formula is C60H42N4. The molecule has 0 N–H and O–H groups in total. The summed E-state index contributed by atoms with van der Waals surface area (Å²) in [6, 6.07) is 91.9. The van der Waals surface area contributed by atoms with Gasteiger partial charge in [0.2, 0.25) is 0 Å². The molecule has 0 saturated carbocycles. The summed E-state index contributed by atoms with van der Waals surface area (Å²) in [7, 11) is 0. The lowest BCUT2D eigenvalue weighted by atomic mass is 10.0. The number of benzene rings is 10. The zero-order chi connectivity index (χ0) is 42.4. The van der Waals surface area contributed by atoms with Crippen molar-refractivity contribution in [3.8, 4) is 22.5 Å². The molecule has 64 heavy (non-hydrogen) atoms. The molecule has 0 amide bonds. The minimum Gasteiger partial charge on any atom is -0.310 e. The number of nitrogens with zero attached hydrogens (tertiary/aromatic N) is 4. The quantitative estimate of drug-likeness (QED) is 0.144. The molecule has 0 fully saturated rings. The third kappa shape index (κ3) is 6.31. The fourth-order valence-corrected chi connectivity index (χ4v) is 9.66. The van der Waals surface area contributed by atoms with Crippen molar-refractivity contribution in [1.29, 1.82) is 0 Å². The van der Waals surface area contributed by atoms with Crippen LogP contribution in [0.4, 0.5) is 34.1 Å². The van der Waals surface area contributed by atoms with Crippen molar-refractivity contribution in [2.24, 2.45) is 0 Å². The molecule has 2 heterocycles. The lowest BCUT2D eigenvalue weighted by Gasteiger charge is -2.30. The summed E-state index contributed by atoms with van der Waals surface area (Å²) < 4.78 is 4.96. The third-order valence-electron chi connectivity index (χ3n) is 12.4. The molecular weight excluding hydrogens is 777 g/mol. The number of para-hydroxylation sites is 6. The van der Waals surface area contributed by atoms with Gasteiger partial charge in [0, 0.05) is 50.0 Å². The van der Waals surface area contributed by atoms with Crippen molar-refractivity contribution in [3.05, 3.63) is 255 Å². The molecule has 0 radical (unpaired) electrons. The van der Waals surface area contributed by atoms with Gasteiger partial charge in [-0.05, 0) is 108 Å². The van der Waals surface area contributed by atoms with E-state index in [-0.39, 0.29) is 0 Å². The van der Waals surface area contributed by atoms with Crippen LogP contribution < -0.4 is 9.80 Å². The second kappa shape index (κ2) is 15.7. The van der Waals surface area contributed by atoms with Crippen LogP contribution >= 0.6 is 0 Å². The van der Waals surface area contributed by atoms with Crippen LogP contribution in [0.5, 0.6) is 0 Å².